The van der Waals surface area contributed by atoms with Crippen molar-refractivity contribution in [3.63, 3.8) is 0 Å². The van der Waals surface area contributed by atoms with Crippen molar-refractivity contribution in [1.82, 2.24) is 10.9 Å². The molecule has 0 saturated heterocycles. The van der Waals surface area contributed by atoms with E-state index in [9.17, 15) is 18.4 Å². The highest BCUT2D eigenvalue weighted by Crippen LogP contribution is 2.29. The number of hydrogen-bond donors (Lipinski definition) is 2. The van der Waals surface area contributed by atoms with Gasteiger partial charge in [-0.25, -0.2) is 0 Å². The van der Waals surface area contributed by atoms with E-state index in [0.717, 1.165) is 0 Å². The topological polar surface area (TPSA) is 85.9 Å². The fourth-order valence-corrected chi connectivity index (χ4v) is 2.13. The predicted octanol–water partition coefficient (Wildman–Crippen LogP) is 2.77. The van der Waals surface area contributed by atoms with Crippen LogP contribution in [-0.2, 0) is 0 Å². The van der Waals surface area contributed by atoms with Crippen LogP contribution >= 0.6 is 0 Å². The zero-order chi connectivity index (χ0) is 19.8. The Morgan fingerprint density at radius 2 is 1.56 bits per heavy atom. The number of amides is 2. The van der Waals surface area contributed by atoms with Crippen LogP contribution in [0.15, 0.2) is 42.5 Å². The Balaban J connectivity index is 1.99. The molecule has 2 rings (SSSR count). The van der Waals surface area contributed by atoms with E-state index in [4.69, 9.17) is 9.47 Å². The third-order valence-corrected chi connectivity index (χ3v) is 3.36. The van der Waals surface area contributed by atoms with Crippen LogP contribution in [0.1, 0.15) is 27.6 Å². The van der Waals surface area contributed by atoms with Gasteiger partial charge in [0.2, 0.25) is 0 Å². The molecule has 2 N–H and O–H groups in total. The van der Waals surface area contributed by atoms with E-state index in [1.165, 1.54) is 25.3 Å². The summed E-state index contributed by atoms with van der Waals surface area (Å²) in [6.45, 7) is -0.671. The lowest BCUT2D eigenvalue weighted by Crippen LogP contribution is -2.41. The maximum atomic E-state index is 12.3. The number of ether oxygens (including phenoxy) is 3. The number of hydrogen-bond acceptors (Lipinski definition) is 5. The number of methoxy groups -OCH3 is 1. The van der Waals surface area contributed by atoms with Gasteiger partial charge in [0.25, 0.3) is 11.8 Å². The normalized spacial score (nSPS) is 10.3. The second-order valence-corrected chi connectivity index (χ2v) is 5.11. The maximum Gasteiger partial charge on any atom is 0.387 e. The SMILES string of the molecule is CCOc1ccc(C(=O)NNC(=O)c2ccc(OC(F)F)c(OC)c2)cc1. The van der Waals surface area contributed by atoms with Gasteiger partial charge in [-0.2, -0.15) is 8.78 Å². The zero-order valence-corrected chi connectivity index (χ0v) is 14.6. The molecule has 0 aliphatic carbocycles. The first-order valence-electron chi connectivity index (χ1n) is 7.91. The summed E-state index contributed by atoms with van der Waals surface area (Å²) in [6.07, 6.45) is 0. The summed E-state index contributed by atoms with van der Waals surface area (Å²) in [5, 5.41) is 0. The maximum absolute atomic E-state index is 12.3. The van der Waals surface area contributed by atoms with Gasteiger partial charge in [-0.05, 0) is 49.4 Å². The van der Waals surface area contributed by atoms with Crippen LogP contribution in [0, 0.1) is 0 Å². The first-order valence-corrected chi connectivity index (χ1v) is 7.91. The number of nitrogens with one attached hydrogen (secondary N) is 2. The smallest absolute Gasteiger partial charge is 0.387 e. The number of carbonyl (C=O) groups excluding carboxylic acids is 2. The molecule has 0 saturated carbocycles. The Bertz CT molecular complexity index is 797. The van der Waals surface area contributed by atoms with Crippen molar-refractivity contribution in [3.05, 3.63) is 53.6 Å². The van der Waals surface area contributed by atoms with Crippen molar-refractivity contribution in [2.45, 2.75) is 13.5 Å². The van der Waals surface area contributed by atoms with Gasteiger partial charge in [0.05, 0.1) is 13.7 Å². The van der Waals surface area contributed by atoms with Gasteiger partial charge in [0.15, 0.2) is 11.5 Å². The van der Waals surface area contributed by atoms with Crippen LogP contribution in [0.4, 0.5) is 8.78 Å². The molecule has 0 bridgehead atoms. The molecule has 2 amide bonds. The number of halogens is 2. The molecule has 0 radical (unpaired) electrons. The van der Waals surface area contributed by atoms with Crippen LogP contribution < -0.4 is 25.1 Å². The molecule has 0 heterocycles. The van der Waals surface area contributed by atoms with Gasteiger partial charge < -0.3 is 14.2 Å². The van der Waals surface area contributed by atoms with Crippen molar-refractivity contribution < 1.29 is 32.6 Å². The van der Waals surface area contributed by atoms with E-state index in [1.807, 2.05) is 6.92 Å². The van der Waals surface area contributed by atoms with Crippen LogP contribution in [0.2, 0.25) is 0 Å². The van der Waals surface area contributed by atoms with E-state index in [2.05, 4.69) is 15.6 Å². The molecule has 0 unspecified atom stereocenters. The van der Waals surface area contributed by atoms with Gasteiger partial charge in [-0.15, -0.1) is 0 Å². The highest BCUT2D eigenvalue weighted by molar-refractivity contribution is 5.99. The molecule has 0 aliphatic heterocycles. The third kappa shape index (κ3) is 5.56. The van der Waals surface area contributed by atoms with Crippen LogP contribution in [-0.4, -0.2) is 32.1 Å². The Morgan fingerprint density at radius 3 is 2.11 bits per heavy atom. The van der Waals surface area contributed by atoms with Crippen molar-refractivity contribution in [2.24, 2.45) is 0 Å². The van der Waals surface area contributed by atoms with Crippen molar-refractivity contribution in [1.29, 1.82) is 0 Å². The number of benzene rings is 2. The second-order valence-electron chi connectivity index (χ2n) is 5.11. The van der Waals surface area contributed by atoms with Crippen LogP contribution in [0.5, 0.6) is 17.2 Å². The Hall–Kier alpha value is -3.36. The van der Waals surface area contributed by atoms with Crippen molar-refractivity contribution in [2.75, 3.05) is 13.7 Å². The fraction of sp³-hybridized carbons (Fsp3) is 0.222. The summed E-state index contributed by atoms with van der Waals surface area (Å²) in [4.78, 5) is 24.2. The first kappa shape index (κ1) is 20.0. The minimum absolute atomic E-state index is 0.0409. The van der Waals surface area contributed by atoms with E-state index in [0.29, 0.717) is 17.9 Å². The Morgan fingerprint density at radius 1 is 0.963 bits per heavy atom. The molecule has 144 valence electrons. The minimum atomic E-state index is -3.02. The predicted molar refractivity (Wildman–Crippen MR) is 92.2 cm³/mol. The minimum Gasteiger partial charge on any atom is -0.494 e. The largest absolute Gasteiger partial charge is 0.494 e. The molecule has 0 aromatic heterocycles. The zero-order valence-electron chi connectivity index (χ0n) is 14.6. The molecule has 0 aliphatic rings. The van der Waals surface area contributed by atoms with Crippen LogP contribution in [0.3, 0.4) is 0 Å². The quantitative estimate of drug-likeness (QED) is 0.722. The standard InChI is InChI=1S/C18H18F2N2O5/c1-3-26-13-7-4-11(5-8-13)16(23)21-22-17(24)12-6-9-14(27-18(19)20)15(10-12)25-2/h4-10,18H,3H2,1-2H3,(H,21,23)(H,22,24). The fourth-order valence-electron chi connectivity index (χ4n) is 2.13. The van der Waals surface area contributed by atoms with Crippen molar-refractivity contribution >= 4 is 11.8 Å². The van der Waals surface area contributed by atoms with Gasteiger partial charge in [0, 0.05) is 11.1 Å². The third-order valence-electron chi connectivity index (χ3n) is 3.36. The molecule has 0 atom stereocenters. The molecule has 0 fully saturated rings. The van der Waals surface area contributed by atoms with E-state index < -0.39 is 18.4 Å². The van der Waals surface area contributed by atoms with E-state index >= 15 is 0 Å². The molecule has 2 aromatic rings. The van der Waals surface area contributed by atoms with Gasteiger partial charge in [-0.3, -0.25) is 20.4 Å². The number of rotatable bonds is 7. The average molecular weight is 380 g/mol. The van der Waals surface area contributed by atoms with E-state index in [1.54, 1.807) is 24.3 Å². The van der Waals surface area contributed by atoms with Crippen LogP contribution in [0.25, 0.3) is 0 Å². The molecule has 7 nitrogen and oxygen atoms in total. The number of hydrazine groups is 1. The molecule has 27 heavy (non-hydrogen) atoms. The molecule has 2 aromatic carbocycles. The monoisotopic (exact) mass is 380 g/mol. The summed E-state index contributed by atoms with van der Waals surface area (Å²) in [5.74, 6) is -0.813. The van der Waals surface area contributed by atoms with Gasteiger partial charge in [-0.1, -0.05) is 0 Å². The second kappa shape index (κ2) is 9.37. The van der Waals surface area contributed by atoms with Gasteiger partial charge in [0.1, 0.15) is 5.75 Å². The number of alkyl halides is 2. The lowest BCUT2D eigenvalue weighted by atomic mass is 10.2. The van der Waals surface area contributed by atoms with Gasteiger partial charge >= 0.3 is 6.61 Å². The summed E-state index contributed by atoms with van der Waals surface area (Å²) in [7, 11) is 1.25. The lowest BCUT2D eigenvalue weighted by Gasteiger charge is -2.12. The van der Waals surface area contributed by atoms with Crippen molar-refractivity contribution in [3.8, 4) is 17.2 Å². The highest BCUT2D eigenvalue weighted by atomic mass is 19.3. The summed E-state index contributed by atoms with van der Waals surface area (Å²) in [6, 6.07) is 10.0. The average Bonchev–Trinajstić information content (AvgIpc) is 2.66. The summed E-state index contributed by atoms with van der Waals surface area (Å²) < 4.78 is 39.1. The van der Waals surface area contributed by atoms with E-state index in [-0.39, 0.29) is 17.1 Å². The summed E-state index contributed by atoms with van der Waals surface area (Å²) in [5.41, 5.74) is 4.90. The summed E-state index contributed by atoms with van der Waals surface area (Å²) >= 11 is 0. The lowest BCUT2D eigenvalue weighted by molar-refractivity contribution is -0.0512. The molecule has 9 heteroatoms. The Labute approximate surface area is 154 Å². The molecule has 0 spiro atoms. The highest BCUT2D eigenvalue weighted by Gasteiger charge is 2.15. The molecular formula is C18H18F2N2O5. The first-order chi connectivity index (χ1) is 12.9. The number of carbonyl (C=O) groups is 2. The molecular weight excluding hydrogens is 362 g/mol. The Kier molecular flexibility index (Phi) is 6.93.